The van der Waals surface area contributed by atoms with E-state index in [1.165, 1.54) is 35.6 Å². The van der Waals surface area contributed by atoms with Gasteiger partial charge in [-0.3, -0.25) is 0 Å². The van der Waals surface area contributed by atoms with E-state index >= 15 is 0 Å². The Morgan fingerprint density at radius 2 is 2.35 bits per heavy atom. The molecule has 1 fully saturated rings. The molecule has 1 saturated carbocycles. The standard InChI is InChI=1S/C14H24N2S/c1-4-12-9-16-13(17-12)10-15-11-6-5-7-14(2,3)8-11/h9,11,15H,4-8,10H2,1-3H3. The van der Waals surface area contributed by atoms with Crippen molar-refractivity contribution in [2.45, 2.75) is 65.5 Å². The van der Waals surface area contributed by atoms with Crippen molar-refractivity contribution in [3.05, 3.63) is 16.1 Å². The van der Waals surface area contributed by atoms with Crippen molar-refractivity contribution in [2.24, 2.45) is 5.41 Å². The fraction of sp³-hybridized carbons (Fsp3) is 0.786. The molecule has 1 aromatic heterocycles. The van der Waals surface area contributed by atoms with Gasteiger partial charge >= 0.3 is 0 Å². The van der Waals surface area contributed by atoms with Crippen LogP contribution in [0.15, 0.2) is 6.20 Å². The van der Waals surface area contributed by atoms with Crippen molar-refractivity contribution < 1.29 is 0 Å². The van der Waals surface area contributed by atoms with Gasteiger partial charge in [-0.25, -0.2) is 4.98 Å². The largest absolute Gasteiger partial charge is 0.308 e. The van der Waals surface area contributed by atoms with Crippen LogP contribution in [0.4, 0.5) is 0 Å². The molecule has 17 heavy (non-hydrogen) atoms. The molecule has 1 aromatic rings. The van der Waals surface area contributed by atoms with Crippen LogP contribution >= 0.6 is 11.3 Å². The summed E-state index contributed by atoms with van der Waals surface area (Å²) >= 11 is 1.85. The van der Waals surface area contributed by atoms with Crippen LogP contribution in [0.25, 0.3) is 0 Å². The van der Waals surface area contributed by atoms with Crippen LogP contribution in [0.1, 0.15) is 56.3 Å². The minimum absolute atomic E-state index is 0.521. The molecule has 2 nitrogen and oxygen atoms in total. The Morgan fingerprint density at radius 1 is 1.53 bits per heavy atom. The predicted octanol–water partition coefficient (Wildman–Crippen LogP) is 3.76. The van der Waals surface area contributed by atoms with Crippen LogP contribution in [0, 0.1) is 5.41 Å². The Balaban J connectivity index is 1.81. The third-order valence-corrected chi connectivity index (χ3v) is 4.84. The Bertz CT molecular complexity index is 357. The highest BCUT2D eigenvalue weighted by molar-refractivity contribution is 7.11. The number of hydrogen-bond acceptors (Lipinski definition) is 3. The van der Waals surface area contributed by atoms with Crippen LogP contribution in [-0.2, 0) is 13.0 Å². The first-order valence-electron chi connectivity index (χ1n) is 6.76. The van der Waals surface area contributed by atoms with Gasteiger partial charge in [0.2, 0.25) is 0 Å². The van der Waals surface area contributed by atoms with Crippen LogP contribution < -0.4 is 5.32 Å². The first-order chi connectivity index (χ1) is 8.09. The van der Waals surface area contributed by atoms with E-state index in [-0.39, 0.29) is 0 Å². The molecule has 2 rings (SSSR count). The molecule has 0 aromatic carbocycles. The summed E-state index contributed by atoms with van der Waals surface area (Å²) in [6.45, 7) is 7.92. The lowest BCUT2D eigenvalue weighted by Crippen LogP contribution is -2.36. The van der Waals surface area contributed by atoms with Crippen molar-refractivity contribution in [1.29, 1.82) is 0 Å². The molecular formula is C14H24N2S. The summed E-state index contributed by atoms with van der Waals surface area (Å²) in [5.41, 5.74) is 0.521. The zero-order valence-corrected chi connectivity index (χ0v) is 12.1. The molecule has 96 valence electrons. The number of aromatic nitrogens is 1. The lowest BCUT2D eigenvalue weighted by molar-refractivity contribution is 0.197. The number of nitrogens with zero attached hydrogens (tertiary/aromatic N) is 1. The quantitative estimate of drug-likeness (QED) is 0.882. The summed E-state index contributed by atoms with van der Waals surface area (Å²) in [7, 11) is 0. The van der Waals surface area contributed by atoms with Gasteiger partial charge in [-0.1, -0.05) is 27.2 Å². The lowest BCUT2D eigenvalue weighted by atomic mass is 9.75. The van der Waals surface area contributed by atoms with Gasteiger partial charge in [-0.2, -0.15) is 0 Å². The van der Waals surface area contributed by atoms with Gasteiger partial charge in [0.15, 0.2) is 0 Å². The molecule has 0 radical (unpaired) electrons. The summed E-state index contributed by atoms with van der Waals surface area (Å²) in [4.78, 5) is 5.86. The average molecular weight is 252 g/mol. The van der Waals surface area contributed by atoms with E-state index in [4.69, 9.17) is 0 Å². The van der Waals surface area contributed by atoms with Gasteiger partial charge in [0, 0.05) is 23.7 Å². The van der Waals surface area contributed by atoms with E-state index in [1.54, 1.807) is 0 Å². The van der Waals surface area contributed by atoms with Gasteiger partial charge in [0.1, 0.15) is 5.01 Å². The molecule has 0 saturated heterocycles. The maximum absolute atomic E-state index is 4.46. The molecular weight excluding hydrogens is 228 g/mol. The molecule has 0 bridgehead atoms. The molecule has 1 atom stereocenters. The fourth-order valence-corrected chi connectivity index (χ4v) is 3.51. The van der Waals surface area contributed by atoms with E-state index < -0.39 is 0 Å². The van der Waals surface area contributed by atoms with E-state index in [2.05, 4.69) is 31.1 Å². The zero-order valence-electron chi connectivity index (χ0n) is 11.3. The van der Waals surface area contributed by atoms with Crippen LogP contribution in [-0.4, -0.2) is 11.0 Å². The van der Waals surface area contributed by atoms with Gasteiger partial charge < -0.3 is 5.32 Å². The molecule has 0 spiro atoms. The highest BCUT2D eigenvalue weighted by atomic mass is 32.1. The van der Waals surface area contributed by atoms with Crippen molar-refractivity contribution >= 4 is 11.3 Å². The van der Waals surface area contributed by atoms with Crippen molar-refractivity contribution in [1.82, 2.24) is 10.3 Å². The van der Waals surface area contributed by atoms with Gasteiger partial charge in [-0.15, -0.1) is 11.3 Å². The predicted molar refractivity (Wildman–Crippen MR) is 74.4 cm³/mol. The van der Waals surface area contributed by atoms with Crippen LogP contribution in [0.3, 0.4) is 0 Å². The Hall–Kier alpha value is -0.410. The number of thiazole rings is 1. The third kappa shape index (κ3) is 3.78. The van der Waals surface area contributed by atoms with Crippen molar-refractivity contribution in [3.8, 4) is 0 Å². The van der Waals surface area contributed by atoms with E-state index in [0.717, 1.165) is 13.0 Å². The zero-order chi connectivity index (χ0) is 12.3. The minimum Gasteiger partial charge on any atom is -0.308 e. The van der Waals surface area contributed by atoms with Crippen molar-refractivity contribution in [3.63, 3.8) is 0 Å². The van der Waals surface area contributed by atoms with Gasteiger partial charge in [-0.05, 0) is 31.1 Å². The number of hydrogen-bond donors (Lipinski definition) is 1. The molecule has 1 N–H and O–H groups in total. The van der Waals surface area contributed by atoms with E-state index in [9.17, 15) is 0 Å². The fourth-order valence-electron chi connectivity index (χ4n) is 2.70. The second kappa shape index (κ2) is 5.49. The smallest absolute Gasteiger partial charge is 0.107 e. The molecule has 3 heteroatoms. The summed E-state index contributed by atoms with van der Waals surface area (Å²) in [6, 6.07) is 0.688. The normalized spacial score (nSPS) is 23.8. The second-order valence-corrected chi connectivity index (χ2v) is 7.11. The lowest BCUT2D eigenvalue weighted by Gasteiger charge is -2.35. The highest BCUT2D eigenvalue weighted by Crippen LogP contribution is 2.35. The van der Waals surface area contributed by atoms with Crippen LogP contribution in [0.5, 0.6) is 0 Å². The Kier molecular flexibility index (Phi) is 4.21. The Morgan fingerprint density at radius 3 is 3.00 bits per heavy atom. The summed E-state index contributed by atoms with van der Waals surface area (Å²) in [5.74, 6) is 0. The van der Waals surface area contributed by atoms with E-state index in [1.807, 2.05) is 17.5 Å². The first-order valence-corrected chi connectivity index (χ1v) is 7.58. The highest BCUT2D eigenvalue weighted by Gasteiger charge is 2.27. The van der Waals surface area contributed by atoms with E-state index in [0.29, 0.717) is 11.5 Å². The summed E-state index contributed by atoms with van der Waals surface area (Å²) < 4.78 is 0. The molecule has 0 aliphatic heterocycles. The molecule has 1 aliphatic rings. The summed E-state index contributed by atoms with van der Waals surface area (Å²) in [5, 5.41) is 4.92. The SMILES string of the molecule is CCc1cnc(CNC2CCCC(C)(C)C2)s1. The van der Waals surface area contributed by atoms with Crippen molar-refractivity contribution in [2.75, 3.05) is 0 Å². The maximum atomic E-state index is 4.46. The minimum atomic E-state index is 0.521. The number of aryl methyl sites for hydroxylation is 1. The molecule has 1 unspecified atom stereocenters. The second-order valence-electron chi connectivity index (χ2n) is 5.91. The summed E-state index contributed by atoms with van der Waals surface area (Å²) in [6.07, 6.45) is 8.50. The molecule has 0 amide bonds. The monoisotopic (exact) mass is 252 g/mol. The number of nitrogens with one attached hydrogen (secondary N) is 1. The topological polar surface area (TPSA) is 24.9 Å². The van der Waals surface area contributed by atoms with Gasteiger partial charge in [0.05, 0.1) is 0 Å². The Labute approximate surface area is 109 Å². The molecule has 1 aliphatic carbocycles. The van der Waals surface area contributed by atoms with Gasteiger partial charge in [0.25, 0.3) is 0 Å². The average Bonchev–Trinajstić information content (AvgIpc) is 2.73. The first kappa shape index (κ1) is 13.0. The third-order valence-electron chi connectivity index (χ3n) is 3.70. The molecule has 1 heterocycles. The maximum Gasteiger partial charge on any atom is 0.107 e. The number of rotatable bonds is 4. The van der Waals surface area contributed by atoms with Crippen LogP contribution in [0.2, 0.25) is 0 Å².